The van der Waals surface area contributed by atoms with Gasteiger partial charge in [0.2, 0.25) is 0 Å². The van der Waals surface area contributed by atoms with Gasteiger partial charge in [0.1, 0.15) is 0 Å². The van der Waals surface area contributed by atoms with Crippen LogP contribution in [0.3, 0.4) is 0 Å². The van der Waals surface area contributed by atoms with Gasteiger partial charge in [0, 0.05) is 8.07 Å². The van der Waals surface area contributed by atoms with Gasteiger partial charge in [-0.25, -0.2) is 0 Å². The van der Waals surface area contributed by atoms with E-state index in [1.165, 1.54) is 91.7 Å². The van der Waals surface area contributed by atoms with E-state index in [1.807, 2.05) is 0 Å². The Balaban J connectivity index is 0.00000417. The predicted molar refractivity (Wildman–Crippen MR) is 203 cm³/mol. The fraction of sp³-hybridized carbons (Fsp3) is 0.318. The SMILES string of the molecule is CCCCc1ccc(-c2cccc3[cH-]c(CC)c([Si](C)(C)c4c(CC)[cH-]c5cccc(-c6ccc(CCCC)cc6)c45)c23)cc1.[Zr+2]. The molecular weight excluding hydrogens is 648 g/mol. The third-order valence-corrected chi connectivity index (χ3v) is 13.8. The molecule has 2 heteroatoms. The summed E-state index contributed by atoms with van der Waals surface area (Å²) in [4.78, 5) is 0. The molecule has 0 aliphatic rings. The van der Waals surface area contributed by atoms with E-state index in [0.717, 1.165) is 25.7 Å². The standard InChI is InChI=1S/C44H50Si.Zr/c1-7-11-15-31-21-25-35(26-22-31)39-19-13-17-37-29-33(9-3)43(41(37)39)45(5,6)44-34(10-4)30-38-18-14-20-40(42(38)44)36-27-23-32(24-28-36)16-12-8-2;/h13-14,17-30H,7-12,15-16H2,1-6H3;/q-2;+2. The smallest absolute Gasteiger partial charge is 0.158 e. The molecule has 0 heterocycles. The minimum Gasteiger partial charge on any atom is -0.158 e. The molecule has 0 radical (unpaired) electrons. The van der Waals surface area contributed by atoms with Crippen LogP contribution in [0, 0.1) is 0 Å². The molecule has 0 saturated carbocycles. The van der Waals surface area contributed by atoms with Gasteiger partial charge >= 0.3 is 26.2 Å². The first-order chi connectivity index (χ1) is 21.9. The second-order valence-corrected chi connectivity index (χ2v) is 17.8. The Morgan fingerprint density at radius 3 is 1.26 bits per heavy atom. The van der Waals surface area contributed by atoms with Gasteiger partial charge in [0.15, 0.2) is 0 Å². The first-order valence-electron chi connectivity index (χ1n) is 17.5. The fourth-order valence-corrected chi connectivity index (χ4v) is 12.0. The van der Waals surface area contributed by atoms with Crippen LogP contribution in [0.4, 0.5) is 0 Å². The van der Waals surface area contributed by atoms with Crippen molar-refractivity contribution in [3.63, 3.8) is 0 Å². The molecule has 0 bridgehead atoms. The Kier molecular flexibility index (Phi) is 11.2. The molecule has 46 heavy (non-hydrogen) atoms. The third kappa shape index (κ3) is 6.50. The second-order valence-electron chi connectivity index (χ2n) is 13.6. The molecule has 6 aromatic carbocycles. The van der Waals surface area contributed by atoms with Crippen LogP contribution in [0.5, 0.6) is 0 Å². The first-order valence-corrected chi connectivity index (χ1v) is 20.5. The van der Waals surface area contributed by atoms with Crippen LogP contribution in [-0.2, 0) is 51.9 Å². The fourth-order valence-electron chi connectivity index (χ4n) is 7.84. The van der Waals surface area contributed by atoms with Gasteiger partial charge in [0.05, 0.1) is 0 Å². The molecule has 0 atom stereocenters. The summed E-state index contributed by atoms with van der Waals surface area (Å²) in [5.41, 5.74) is 11.4. The maximum atomic E-state index is 2.63. The first kappa shape index (κ1) is 34.5. The van der Waals surface area contributed by atoms with Crippen molar-refractivity contribution in [2.45, 2.75) is 92.2 Å². The minimum absolute atomic E-state index is 0. The predicted octanol–water partition coefficient (Wildman–Crippen LogP) is 11.4. The minimum atomic E-state index is -2.20. The summed E-state index contributed by atoms with van der Waals surface area (Å²) in [7, 11) is -2.20. The van der Waals surface area contributed by atoms with Crippen molar-refractivity contribution in [3.05, 3.63) is 119 Å². The monoisotopic (exact) mass is 696 g/mol. The van der Waals surface area contributed by atoms with Gasteiger partial charge < -0.3 is 0 Å². The number of aryl methyl sites for hydroxylation is 4. The summed E-state index contributed by atoms with van der Waals surface area (Å²) in [5, 5.41) is 9.04. The van der Waals surface area contributed by atoms with Crippen LogP contribution in [-0.4, -0.2) is 8.07 Å². The zero-order valence-electron chi connectivity index (χ0n) is 28.9. The Hall–Kier alpha value is -2.80. The average molecular weight is 698 g/mol. The van der Waals surface area contributed by atoms with Crippen LogP contribution in [0.25, 0.3) is 43.8 Å². The van der Waals surface area contributed by atoms with Crippen molar-refractivity contribution in [3.8, 4) is 22.3 Å². The van der Waals surface area contributed by atoms with Crippen molar-refractivity contribution in [2.75, 3.05) is 0 Å². The van der Waals surface area contributed by atoms with Crippen LogP contribution in [0.15, 0.2) is 97.1 Å². The van der Waals surface area contributed by atoms with Crippen molar-refractivity contribution >= 4 is 40.0 Å². The van der Waals surface area contributed by atoms with E-state index in [1.54, 1.807) is 10.4 Å². The Morgan fingerprint density at radius 1 is 0.522 bits per heavy atom. The normalized spacial score (nSPS) is 11.8. The largest absolute Gasteiger partial charge is 2.00 e. The number of hydrogen-bond donors (Lipinski definition) is 0. The maximum absolute atomic E-state index is 2.63. The topological polar surface area (TPSA) is 0 Å². The third-order valence-electron chi connectivity index (χ3n) is 10.2. The van der Waals surface area contributed by atoms with Crippen molar-refractivity contribution < 1.29 is 26.2 Å². The molecule has 0 aliphatic heterocycles. The molecule has 0 nitrogen and oxygen atoms in total. The Bertz CT molecular complexity index is 1760. The summed E-state index contributed by atoms with van der Waals surface area (Å²) in [6.07, 6.45) is 9.41. The Morgan fingerprint density at radius 2 is 0.913 bits per heavy atom. The maximum Gasteiger partial charge on any atom is 2.00 e. The molecular formula is C44H50SiZr. The summed E-state index contributed by atoms with van der Waals surface area (Å²) >= 11 is 0. The van der Waals surface area contributed by atoms with Crippen molar-refractivity contribution in [2.24, 2.45) is 0 Å². The number of hydrogen-bond acceptors (Lipinski definition) is 0. The van der Waals surface area contributed by atoms with E-state index >= 15 is 0 Å². The summed E-state index contributed by atoms with van der Waals surface area (Å²) in [5.74, 6) is 0. The molecule has 0 aromatic heterocycles. The summed E-state index contributed by atoms with van der Waals surface area (Å²) in [6.45, 7) is 14.5. The number of rotatable bonds is 12. The van der Waals surface area contributed by atoms with E-state index in [-0.39, 0.29) is 26.2 Å². The van der Waals surface area contributed by atoms with Crippen molar-refractivity contribution in [1.29, 1.82) is 0 Å². The molecule has 0 saturated heterocycles. The summed E-state index contributed by atoms with van der Waals surface area (Å²) in [6, 6.07) is 37.9. The molecule has 6 rings (SSSR count). The molecule has 6 aromatic rings. The zero-order chi connectivity index (χ0) is 31.6. The average Bonchev–Trinajstić information content (AvgIpc) is 3.66. The van der Waals surface area contributed by atoms with E-state index in [2.05, 4.69) is 138 Å². The van der Waals surface area contributed by atoms with Crippen LogP contribution >= 0.6 is 0 Å². The molecule has 234 valence electrons. The number of fused-ring (bicyclic) bond motifs is 2. The molecule has 0 amide bonds. The van der Waals surface area contributed by atoms with E-state index in [0.29, 0.717) is 0 Å². The second kappa shape index (κ2) is 15.0. The molecule has 0 fully saturated rings. The van der Waals surface area contributed by atoms with E-state index in [9.17, 15) is 0 Å². The van der Waals surface area contributed by atoms with Gasteiger partial charge in [-0.3, -0.25) is 0 Å². The quantitative estimate of drug-likeness (QED) is 0.0882. The van der Waals surface area contributed by atoms with Crippen LogP contribution < -0.4 is 10.4 Å². The van der Waals surface area contributed by atoms with Crippen LogP contribution in [0.1, 0.15) is 75.6 Å². The molecule has 0 N–H and O–H groups in total. The number of benzene rings is 4. The molecule has 0 aliphatic carbocycles. The Labute approximate surface area is 298 Å². The van der Waals surface area contributed by atoms with Crippen molar-refractivity contribution in [1.82, 2.24) is 0 Å². The van der Waals surface area contributed by atoms with E-state index in [4.69, 9.17) is 0 Å². The zero-order valence-corrected chi connectivity index (χ0v) is 32.4. The van der Waals surface area contributed by atoms with E-state index < -0.39 is 8.07 Å². The number of unbranched alkanes of at least 4 members (excludes halogenated alkanes) is 2. The van der Waals surface area contributed by atoms with Gasteiger partial charge in [-0.15, -0.1) is 69.1 Å². The molecule has 0 unspecified atom stereocenters. The van der Waals surface area contributed by atoms with Gasteiger partial charge in [-0.1, -0.05) is 125 Å². The molecule has 0 spiro atoms. The summed E-state index contributed by atoms with van der Waals surface area (Å²) < 4.78 is 0. The van der Waals surface area contributed by atoms with Gasteiger partial charge in [-0.2, -0.15) is 10.4 Å². The van der Waals surface area contributed by atoms with Gasteiger partial charge in [0.25, 0.3) is 0 Å². The van der Waals surface area contributed by atoms with Gasteiger partial charge in [-0.05, 0) is 60.8 Å². The van der Waals surface area contributed by atoms with Crippen LogP contribution in [0.2, 0.25) is 13.1 Å².